The maximum absolute atomic E-state index is 13.6. The van der Waals surface area contributed by atoms with Crippen molar-refractivity contribution in [1.29, 1.82) is 0 Å². The molecule has 0 aromatic carbocycles. The van der Waals surface area contributed by atoms with Crippen LogP contribution < -0.4 is 5.32 Å². The normalized spacial score (nSPS) is 32.8. The number of nitrogens with one attached hydrogen (secondary N) is 1. The predicted molar refractivity (Wildman–Crippen MR) is 69.0 cm³/mol. The summed E-state index contributed by atoms with van der Waals surface area (Å²) in [7, 11) is 0. The molecule has 18 heavy (non-hydrogen) atoms. The number of carbonyl (C=O) groups is 1. The van der Waals surface area contributed by atoms with Crippen LogP contribution in [0.5, 0.6) is 0 Å². The standard InChI is InChI=1S/C12H18F2N2OS/c1-3-12(13,14)8-4-5-9(6-8)15-11-16-10(17)7(2)18-11/h7-9H,3-6H2,1-2H3,(H,15,16,17)/t7-,8?,9-/m1/s1. The van der Waals surface area contributed by atoms with Crippen molar-refractivity contribution in [2.75, 3.05) is 0 Å². The third kappa shape index (κ3) is 2.84. The highest BCUT2D eigenvalue weighted by molar-refractivity contribution is 8.15. The zero-order valence-corrected chi connectivity index (χ0v) is 11.4. The van der Waals surface area contributed by atoms with Crippen molar-refractivity contribution in [2.45, 2.75) is 56.7 Å². The largest absolute Gasteiger partial charge is 0.362 e. The predicted octanol–water partition coefficient (Wildman–Crippen LogP) is 2.81. The molecule has 0 spiro atoms. The molecule has 0 saturated heterocycles. The molecule has 102 valence electrons. The molecule has 1 N–H and O–H groups in total. The van der Waals surface area contributed by atoms with Gasteiger partial charge in [0.05, 0.1) is 5.25 Å². The Kier molecular flexibility index (Phi) is 3.94. The number of aliphatic imine (C=N–C) groups is 1. The molecule has 3 atom stereocenters. The van der Waals surface area contributed by atoms with E-state index in [1.807, 2.05) is 0 Å². The summed E-state index contributed by atoms with van der Waals surface area (Å²) in [6, 6.07) is 0.0248. The molecule has 6 heteroatoms. The highest BCUT2D eigenvalue weighted by atomic mass is 32.2. The van der Waals surface area contributed by atoms with Crippen LogP contribution in [-0.4, -0.2) is 28.3 Å². The summed E-state index contributed by atoms with van der Waals surface area (Å²) in [6.45, 7) is 3.33. The maximum atomic E-state index is 13.6. The van der Waals surface area contributed by atoms with Crippen LogP contribution in [0.25, 0.3) is 0 Å². The summed E-state index contributed by atoms with van der Waals surface area (Å²) in [4.78, 5) is 15.1. The van der Waals surface area contributed by atoms with Crippen molar-refractivity contribution >= 4 is 22.8 Å². The average Bonchev–Trinajstić information content (AvgIpc) is 2.88. The Morgan fingerprint density at radius 3 is 2.78 bits per heavy atom. The lowest BCUT2D eigenvalue weighted by Crippen LogP contribution is -2.32. The Hall–Kier alpha value is -0.650. The van der Waals surface area contributed by atoms with E-state index >= 15 is 0 Å². The summed E-state index contributed by atoms with van der Waals surface area (Å²) < 4.78 is 27.1. The van der Waals surface area contributed by atoms with Gasteiger partial charge < -0.3 is 5.32 Å². The van der Waals surface area contributed by atoms with Gasteiger partial charge in [-0.3, -0.25) is 4.79 Å². The number of halogens is 2. The van der Waals surface area contributed by atoms with E-state index in [4.69, 9.17) is 0 Å². The number of nitrogens with zero attached hydrogens (tertiary/aromatic N) is 1. The molecule has 1 fully saturated rings. The van der Waals surface area contributed by atoms with Gasteiger partial charge in [0.25, 0.3) is 11.8 Å². The van der Waals surface area contributed by atoms with Crippen LogP contribution in [0.2, 0.25) is 0 Å². The maximum Gasteiger partial charge on any atom is 0.261 e. The van der Waals surface area contributed by atoms with E-state index in [9.17, 15) is 13.6 Å². The quantitative estimate of drug-likeness (QED) is 0.862. The van der Waals surface area contributed by atoms with Crippen LogP contribution in [0.15, 0.2) is 4.99 Å². The van der Waals surface area contributed by atoms with Gasteiger partial charge in [-0.05, 0) is 26.2 Å². The molecule has 2 aliphatic rings. The molecule has 1 amide bonds. The van der Waals surface area contributed by atoms with Gasteiger partial charge in [0.1, 0.15) is 0 Å². The number of amides is 1. The zero-order chi connectivity index (χ0) is 13.3. The minimum absolute atomic E-state index is 0.0248. The molecule has 0 bridgehead atoms. The van der Waals surface area contributed by atoms with E-state index < -0.39 is 11.8 Å². The van der Waals surface area contributed by atoms with Crippen LogP contribution in [0, 0.1) is 5.92 Å². The van der Waals surface area contributed by atoms with Crippen LogP contribution >= 0.6 is 11.8 Å². The van der Waals surface area contributed by atoms with Gasteiger partial charge in [-0.1, -0.05) is 18.7 Å². The highest BCUT2D eigenvalue weighted by Crippen LogP contribution is 2.40. The lowest BCUT2D eigenvalue weighted by atomic mass is 9.97. The number of hydrogen-bond acceptors (Lipinski definition) is 3. The highest BCUT2D eigenvalue weighted by Gasteiger charge is 2.42. The molecule has 0 aromatic rings. The Balaban J connectivity index is 1.87. The first kappa shape index (κ1) is 13.8. The summed E-state index contributed by atoms with van der Waals surface area (Å²) in [5, 5.41) is 3.57. The number of hydrogen-bond donors (Lipinski definition) is 1. The Morgan fingerprint density at radius 1 is 1.50 bits per heavy atom. The number of carbonyl (C=O) groups excluding carboxylic acids is 1. The average molecular weight is 276 g/mol. The molecule has 1 saturated carbocycles. The van der Waals surface area contributed by atoms with E-state index in [-0.39, 0.29) is 23.6 Å². The molecular formula is C12H18F2N2OS. The monoisotopic (exact) mass is 276 g/mol. The first-order valence-electron chi connectivity index (χ1n) is 6.36. The number of rotatable bonds is 3. The van der Waals surface area contributed by atoms with Crippen LogP contribution in [0.3, 0.4) is 0 Å². The molecular weight excluding hydrogens is 258 g/mol. The molecule has 1 aliphatic carbocycles. The van der Waals surface area contributed by atoms with Gasteiger partial charge in [-0.2, -0.15) is 4.99 Å². The number of alkyl halides is 2. The second-order valence-corrected chi connectivity index (χ2v) is 6.31. The van der Waals surface area contributed by atoms with E-state index in [2.05, 4.69) is 10.3 Å². The summed E-state index contributed by atoms with van der Waals surface area (Å²) in [5.74, 6) is -3.25. The number of amidine groups is 1. The second kappa shape index (κ2) is 5.15. The van der Waals surface area contributed by atoms with Gasteiger partial charge in [0, 0.05) is 18.4 Å². The minimum Gasteiger partial charge on any atom is -0.362 e. The Labute approximate surface area is 110 Å². The molecule has 1 heterocycles. The summed E-state index contributed by atoms with van der Waals surface area (Å²) in [6.07, 6.45) is 1.63. The van der Waals surface area contributed by atoms with Gasteiger partial charge >= 0.3 is 0 Å². The molecule has 1 unspecified atom stereocenters. The van der Waals surface area contributed by atoms with E-state index in [1.54, 1.807) is 6.92 Å². The van der Waals surface area contributed by atoms with Gasteiger partial charge in [0.15, 0.2) is 5.17 Å². The SMILES string of the molecule is CCC(F)(F)C1CC[C@@H](NC2=NC(=O)[C@@H](C)S2)C1. The van der Waals surface area contributed by atoms with Crippen molar-refractivity contribution in [2.24, 2.45) is 10.9 Å². The summed E-state index contributed by atoms with van der Waals surface area (Å²) in [5.41, 5.74) is 0. The van der Waals surface area contributed by atoms with Crippen molar-refractivity contribution in [3.63, 3.8) is 0 Å². The van der Waals surface area contributed by atoms with Crippen molar-refractivity contribution < 1.29 is 13.6 Å². The van der Waals surface area contributed by atoms with Gasteiger partial charge in [-0.25, -0.2) is 8.78 Å². The first-order chi connectivity index (χ1) is 8.42. The van der Waals surface area contributed by atoms with Crippen molar-refractivity contribution in [3.05, 3.63) is 0 Å². The lowest BCUT2D eigenvalue weighted by molar-refractivity contribution is -0.116. The topological polar surface area (TPSA) is 41.5 Å². The number of thioether (sulfide) groups is 1. The van der Waals surface area contributed by atoms with Crippen LogP contribution in [0.4, 0.5) is 8.78 Å². The lowest BCUT2D eigenvalue weighted by Gasteiger charge is -2.22. The van der Waals surface area contributed by atoms with Crippen LogP contribution in [-0.2, 0) is 4.79 Å². The fourth-order valence-electron chi connectivity index (χ4n) is 2.46. The second-order valence-electron chi connectivity index (χ2n) is 4.98. The van der Waals surface area contributed by atoms with Crippen molar-refractivity contribution in [1.82, 2.24) is 5.32 Å². The molecule has 0 radical (unpaired) electrons. The van der Waals surface area contributed by atoms with Crippen LogP contribution in [0.1, 0.15) is 39.5 Å². The molecule has 0 aromatic heterocycles. The van der Waals surface area contributed by atoms with Gasteiger partial charge in [-0.15, -0.1) is 0 Å². The Bertz CT molecular complexity index is 373. The smallest absolute Gasteiger partial charge is 0.261 e. The zero-order valence-electron chi connectivity index (χ0n) is 10.6. The fourth-order valence-corrected chi connectivity index (χ4v) is 3.33. The van der Waals surface area contributed by atoms with E-state index in [1.165, 1.54) is 18.7 Å². The minimum atomic E-state index is -2.57. The molecule has 2 rings (SSSR count). The molecule has 3 nitrogen and oxygen atoms in total. The molecule has 1 aliphatic heterocycles. The van der Waals surface area contributed by atoms with Crippen molar-refractivity contribution in [3.8, 4) is 0 Å². The fraction of sp³-hybridized carbons (Fsp3) is 0.833. The van der Waals surface area contributed by atoms with E-state index in [0.29, 0.717) is 18.0 Å². The third-order valence-electron chi connectivity index (χ3n) is 3.68. The summed E-state index contributed by atoms with van der Waals surface area (Å²) >= 11 is 1.38. The van der Waals surface area contributed by atoms with Gasteiger partial charge in [0.2, 0.25) is 0 Å². The Morgan fingerprint density at radius 2 is 2.22 bits per heavy atom. The third-order valence-corrected chi connectivity index (χ3v) is 4.66. The first-order valence-corrected chi connectivity index (χ1v) is 7.24. The van der Waals surface area contributed by atoms with E-state index in [0.717, 1.165) is 6.42 Å².